The van der Waals surface area contributed by atoms with Gasteiger partial charge in [0.1, 0.15) is 5.60 Å². The van der Waals surface area contributed by atoms with Gasteiger partial charge in [-0.2, -0.15) is 0 Å². The van der Waals surface area contributed by atoms with E-state index in [9.17, 15) is 18.3 Å². The molecule has 0 aromatic carbocycles. The van der Waals surface area contributed by atoms with Crippen molar-refractivity contribution in [3.05, 3.63) is 24.4 Å². The SMILES string of the molecule is CC(C)(C)OC(=O)NC[C@H](O)CNS(=O)(=O)c1ccccn1. The lowest BCUT2D eigenvalue weighted by atomic mass is 10.2. The second-order valence-corrected chi connectivity index (χ2v) is 7.27. The fourth-order valence-electron chi connectivity index (χ4n) is 1.37. The number of carbonyl (C=O) groups excluding carboxylic acids is 1. The molecule has 1 aromatic heterocycles. The molecule has 0 spiro atoms. The van der Waals surface area contributed by atoms with Gasteiger partial charge in [-0.05, 0) is 32.9 Å². The van der Waals surface area contributed by atoms with Gasteiger partial charge in [0.15, 0.2) is 5.03 Å². The van der Waals surface area contributed by atoms with E-state index in [1.54, 1.807) is 32.9 Å². The number of sulfonamides is 1. The van der Waals surface area contributed by atoms with Gasteiger partial charge in [0.05, 0.1) is 6.10 Å². The van der Waals surface area contributed by atoms with Gasteiger partial charge in [-0.1, -0.05) is 6.07 Å². The van der Waals surface area contributed by atoms with Crippen LogP contribution in [0.15, 0.2) is 29.4 Å². The van der Waals surface area contributed by atoms with E-state index in [0.29, 0.717) is 0 Å². The molecule has 124 valence electrons. The highest BCUT2D eigenvalue weighted by Crippen LogP contribution is 2.06. The molecule has 0 saturated heterocycles. The number of rotatable bonds is 6. The van der Waals surface area contributed by atoms with Crippen molar-refractivity contribution in [3.63, 3.8) is 0 Å². The van der Waals surface area contributed by atoms with Crippen molar-refractivity contribution >= 4 is 16.1 Å². The first kappa shape index (κ1) is 18.3. The Balaban J connectivity index is 2.40. The molecule has 0 aliphatic carbocycles. The van der Waals surface area contributed by atoms with Gasteiger partial charge in [-0.15, -0.1) is 0 Å². The van der Waals surface area contributed by atoms with Crippen LogP contribution in [0.1, 0.15) is 20.8 Å². The molecule has 0 unspecified atom stereocenters. The molecule has 0 fully saturated rings. The van der Waals surface area contributed by atoms with Gasteiger partial charge in [0.2, 0.25) is 0 Å². The van der Waals surface area contributed by atoms with E-state index in [1.165, 1.54) is 12.3 Å². The lowest BCUT2D eigenvalue weighted by Crippen LogP contribution is -2.41. The summed E-state index contributed by atoms with van der Waals surface area (Å²) in [5, 5.41) is 11.9. The van der Waals surface area contributed by atoms with E-state index < -0.39 is 27.8 Å². The van der Waals surface area contributed by atoms with Crippen LogP contribution in [0.5, 0.6) is 0 Å². The summed E-state index contributed by atoms with van der Waals surface area (Å²) in [5.41, 5.74) is -0.643. The van der Waals surface area contributed by atoms with Crippen LogP contribution in [0.3, 0.4) is 0 Å². The first-order valence-corrected chi connectivity index (χ1v) is 8.14. The number of nitrogens with zero attached hydrogens (tertiary/aromatic N) is 1. The minimum atomic E-state index is -3.79. The van der Waals surface area contributed by atoms with Crippen LogP contribution in [-0.4, -0.2) is 49.4 Å². The molecule has 1 heterocycles. The molecule has 9 heteroatoms. The molecule has 0 aliphatic rings. The minimum absolute atomic E-state index is 0.137. The largest absolute Gasteiger partial charge is 0.444 e. The van der Waals surface area contributed by atoms with Gasteiger partial charge in [-0.25, -0.2) is 22.9 Å². The maximum atomic E-state index is 11.9. The molecular weight excluding hydrogens is 310 g/mol. The number of hydrogen-bond donors (Lipinski definition) is 3. The van der Waals surface area contributed by atoms with Crippen molar-refractivity contribution in [1.29, 1.82) is 0 Å². The molecule has 0 bridgehead atoms. The van der Waals surface area contributed by atoms with Crippen molar-refractivity contribution in [1.82, 2.24) is 15.0 Å². The fraction of sp³-hybridized carbons (Fsp3) is 0.538. The number of aromatic nitrogens is 1. The Labute approximate surface area is 130 Å². The topological polar surface area (TPSA) is 118 Å². The Bertz CT molecular complexity index is 583. The minimum Gasteiger partial charge on any atom is -0.444 e. The van der Waals surface area contributed by atoms with Crippen LogP contribution in [0.2, 0.25) is 0 Å². The molecule has 1 aromatic rings. The fourth-order valence-corrected chi connectivity index (χ4v) is 2.39. The maximum absolute atomic E-state index is 11.9. The third kappa shape index (κ3) is 6.83. The Morgan fingerprint density at radius 2 is 2.05 bits per heavy atom. The van der Waals surface area contributed by atoms with Crippen LogP contribution in [0.25, 0.3) is 0 Å². The van der Waals surface area contributed by atoms with Crippen LogP contribution in [0, 0.1) is 0 Å². The van der Waals surface area contributed by atoms with Crippen LogP contribution in [-0.2, 0) is 14.8 Å². The summed E-state index contributed by atoms with van der Waals surface area (Å²) in [6.07, 6.45) is -0.417. The van der Waals surface area contributed by atoms with Crippen molar-refractivity contribution in [2.75, 3.05) is 13.1 Å². The zero-order valence-electron chi connectivity index (χ0n) is 12.7. The molecule has 3 N–H and O–H groups in total. The predicted octanol–water partition coefficient (Wildman–Crippen LogP) is 0.246. The van der Waals surface area contributed by atoms with Crippen LogP contribution in [0.4, 0.5) is 4.79 Å². The lowest BCUT2D eigenvalue weighted by Gasteiger charge is -2.20. The Kier molecular flexibility index (Phi) is 6.27. The summed E-state index contributed by atoms with van der Waals surface area (Å²) in [7, 11) is -3.79. The summed E-state index contributed by atoms with van der Waals surface area (Å²) in [6.45, 7) is 4.74. The summed E-state index contributed by atoms with van der Waals surface area (Å²) in [6, 6.07) is 4.48. The standard InChI is InChI=1S/C13H21N3O5S/c1-13(2,3)21-12(18)15-8-10(17)9-16-22(19,20)11-6-4-5-7-14-11/h4-7,10,16-17H,8-9H2,1-3H3,(H,15,18)/t10-/m0/s1. The Hall–Kier alpha value is -1.71. The van der Waals surface area contributed by atoms with E-state index in [2.05, 4.69) is 15.0 Å². The van der Waals surface area contributed by atoms with Gasteiger partial charge >= 0.3 is 6.09 Å². The second-order valence-electron chi connectivity index (χ2n) is 5.56. The monoisotopic (exact) mass is 331 g/mol. The smallest absolute Gasteiger partial charge is 0.407 e. The first-order chi connectivity index (χ1) is 10.1. The number of amides is 1. The zero-order valence-corrected chi connectivity index (χ0v) is 13.6. The average Bonchev–Trinajstić information content (AvgIpc) is 2.42. The highest BCUT2D eigenvalue weighted by atomic mass is 32.2. The Morgan fingerprint density at radius 1 is 1.36 bits per heavy atom. The molecular formula is C13H21N3O5S. The number of aliphatic hydroxyl groups is 1. The summed E-state index contributed by atoms with van der Waals surface area (Å²) in [4.78, 5) is 15.1. The third-order valence-electron chi connectivity index (χ3n) is 2.30. The highest BCUT2D eigenvalue weighted by molar-refractivity contribution is 7.89. The van der Waals surface area contributed by atoms with E-state index >= 15 is 0 Å². The highest BCUT2D eigenvalue weighted by Gasteiger charge is 2.19. The number of nitrogens with one attached hydrogen (secondary N) is 2. The Morgan fingerprint density at radius 3 is 2.59 bits per heavy atom. The van der Waals surface area contributed by atoms with Crippen molar-refractivity contribution < 1.29 is 23.1 Å². The molecule has 0 saturated carbocycles. The molecule has 0 aliphatic heterocycles. The van der Waals surface area contributed by atoms with Crippen molar-refractivity contribution in [2.45, 2.75) is 37.5 Å². The van der Waals surface area contributed by atoms with Gasteiger partial charge in [0.25, 0.3) is 10.0 Å². The van der Waals surface area contributed by atoms with Gasteiger partial charge < -0.3 is 15.2 Å². The van der Waals surface area contributed by atoms with E-state index in [1.807, 2.05) is 0 Å². The van der Waals surface area contributed by atoms with Crippen LogP contribution >= 0.6 is 0 Å². The summed E-state index contributed by atoms with van der Waals surface area (Å²) in [5.74, 6) is 0. The number of pyridine rings is 1. The normalized spacial score (nSPS) is 13.5. The summed E-state index contributed by atoms with van der Waals surface area (Å²) < 4.78 is 30.9. The van der Waals surface area contributed by atoms with Gasteiger partial charge in [-0.3, -0.25) is 0 Å². The number of carbonyl (C=O) groups is 1. The second kappa shape index (κ2) is 7.52. The van der Waals surface area contributed by atoms with E-state index in [-0.39, 0.29) is 18.1 Å². The van der Waals surface area contributed by atoms with E-state index in [0.717, 1.165) is 0 Å². The third-order valence-corrected chi connectivity index (χ3v) is 3.64. The molecule has 8 nitrogen and oxygen atoms in total. The number of hydrogen-bond acceptors (Lipinski definition) is 6. The lowest BCUT2D eigenvalue weighted by molar-refractivity contribution is 0.0494. The average molecular weight is 331 g/mol. The van der Waals surface area contributed by atoms with E-state index in [4.69, 9.17) is 4.74 Å². The maximum Gasteiger partial charge on any atom is 0.407 e. The molecule has 1 amide bonds. The van der Waals surface area contributed by atoms with Crippen LogP contribution < -0.4 is 10.0 Å². The number of alkyl carbamates (subject to hydrolysis) is 1. The van der Waals surface area contributed by atoms with Gasteiger partial charge in [0, 0.05) is 19.3 Å². The quantitative estimate of drug-likeness (QED) is 0.687. The number of aliphatic hydroxyl groups excluding tert-OH is 1. The summed E-state index contributed by atoms with van der Waals surface area (Å²) >= 11 is 0. The molecule has 1 rings (SSSR count). The molecule has 0 radical (unpaired) electrons. The first-order valence-electron chi connectivity index (χ1n) is 6.66. The zero-order chi connectivity index (χ0) is 16.8. The predicted molar refractivity (Wildman–Crippen MR) is 79.7 cm³/mol. The molecule has 22 heavy (non-hydrogen) atoms. The number of ether oxygens (including phenoxy) is 1. The van der Waals surface area contributed by atoms with Crippen molar-refractivity contribution in [2.24, 2.45) is 0 Å². The van der Waals surface area contributed by atoms with Crippen molar-refractivity contribution in [3.8, 4) is 0 Å². The molecule has 1 atom stereocenters.